The van der Waals surface area contributed by atoms with Crippen molar-refractivity contribution in [2.24, 2.45) is 14.1 Å². The third-order valence-electron chi connectivity index (χ3n) is 3.89. The highest BCUT2D eigenvalue weighted by atomic mass is 16.5. The van der Waals surface area contributed by atoms with Crippen molar-refractivity contribution in [3.8, 4) is 0 Å². The minimum absolute atomic E-state index is 0.185. The number of aryl methyl sites for hydroxylation is 3. The topological polar surface area (TPSA) is 92.5 Å². The van der Waals surface area contributed by atoms with E-state index in [1.807, 2.05) is 18.5 Å². The number of hydrogen-bond donors (Lipinski definition) is 0. The molecule has 0 aliphatic rings. The summed E-state index contributed by atoms with van der Waals surface area (Å²) in [6, 6.07) is 0. The second-order valence-electron chi connectivity index (χ2n) is 5.32. The largest absolute Gasteiger partial charge is 0.465 e. The van der Waals surface area contributed by atoms with E-state index in [-0.39, 0.29) is 17.8 Å². The van der Waals surface area contributed by atoms with Crippen LogP contribution in [0.25, 0.3) is 16.9 Å². The third kappa shape index (κ3) is 2.07. The fourth-order valence-electron chi connectivity index (χ4n) is 2.59. The summed E-state index contributed by atoms with van der Waals surface area (Å²) in [5.74, 6) is -0.0745. The van der Waals surface area contributed by atoms with Gasteiger partial charge in [0.1, 0.15) is 6.54 Å². The summed E-state index contributed by atoms with van der Waals surface area (Å²) in [5, 5.41) is 0. The molecule has 0 bridgehead atoms. The van der Waals surface area contributed by atoms with E-state index in [9.17, 15) is 14.4 Å². The molecule has 3 heterocycles. The highest BCUT2D eigenvalue weighted by Gasteiger charge is 2.20. The van der Waals surface area contributed by atoms with Gasteiger partial charge in [-0.1, -0.05) is 0 Å². The standard InChI is InChI=1S/C14H17N5O4/c1-5-23-9(20)7-19-12(21)10-11(17(4)14(19)22)15-13-16(3)8(2)6-18(10)13/h6H,5,7H2,1-4H3. The van der Waals surface area contributed by atoms with Gasteiger partial charge in [-0.15, -0.1) is 0 Å². The van der Waals surface area contributed by atoms with Gasteiger partial charge in [0, 0.05) is 26.0 Å². The summed E-state index contributed by atoms with van der Waals surface area (Å²) in [6.07, 6.45) is 1.77. The van der Waals surface area contributed by atoms with E-state index in [4.69, 9.17) is 4.74 Å². The van der Waals surface area contributed by atoms with Crippen molar-refractivity contribution in [1.82, 2.24) is 23.1 Å². The molecular weight excluding hydrogens is 302 g/mol. The van der Waals surface area contributed by atoms with Gasteiger partial charge in [0.05, 0.1) is 6.61 Å². The van der Waals surface area contributed by atoms with Crippen LogP contribution < -0.4 is 11.2 Å². The van der Waals surface area contributed by atoms with Crippen LogP contribution in [0, 0.1) is 6.92 Å². The summed E-state index contributed by atoms with van der Waals surface area (Å²) in [7, 11) is 3.34. The van der Waals surface area contributed by atoms with E-state index < -0.39 is 23.8 Å². The van der Waals surface area contributed by atoms with Crippen LogP contribution in [0.1, 0.15) is 12.6 Å². The number of imidazole rings is 2. The SMILES string of the molecule is CCOC(=O)Cn1c(=O)c2c(nc3n(C)c(C)cn23)n(C)c1=O. The molecule has 23 heavy (non-hydrogen) atoms. The van der Waals surface area contributed by atoms with Gasteiger partial charge in [-0.25, -0.2) is 9.36 Å². The van der Waals surface area contributed by atoms with Crippen LogP contribution in [-0.4, -0.2) is 35.7 Å². The van der Waals surface area contributed by atoms with Gasteiger partial charge < -0.3 is 9.30 Å². The van der Waals surface area contributed by atoms with Crippen LogP contribution in [0.4, 0.5) is 0 Å². The van der Waals surface area contributed by atoms with Crippen LogP contribution in [0.3, 0.4) is 0 Å². The van der Waals surface area contributed by atoms with Crippen LogP contribution >= 0.6 is 0 Å². The quantitative estimate of drug-likeness (QED) is 0.610. The fraction of sp³-hybridized carbons (Fsp3) is 0.429. The molecule has 0 radical (unpaired) electrons. The van der Waals surface area contributed by atoms with Crippen molar-refractivity contribution in [2.45, 2.75) is 20.4 Å². The monoisotopic (exact) mass is 319 g/mol. The average Bonchev–Trinajstić information content (AvgIpc) is 3.00. The first kappa shape index (κ1) is 15.1. The molecule has 3 aromatic rings. The lowest BCUT2D eigenvalue weighted by Gasteiger charge is -2.07. The van der Waals surface area contributed by atoms with E-state index in [1.54, 1.807) is 17.5 Å². The van der Waals surface area contributed by atoms with Gasteiger partial charge in [0.15, 0.2) is 11.2 Å². The summed E-state index contributed by atoms with van der Waals surface area (Å²) in [4.78, 5) is 41.1. The lowest BCUT2D eigenvalue weighted by atomic mass is 10.4. The molecule has 0 N–H and O–H groups in total. The maximum atomic E-state index is 12.7. The molecule has 122 valence electrons. The smallest absolute Gasteiger partial charge is 0.333 e. The summed E-state index contributed by atoms with van der Waals surface area (Å²) in [6.45, 7) is 3.31. The molecule has 0 fully saturated rings. The predicted octanol–water partition coefficient (Wildman–Crippen LogP) is -0.442. The molecular formula is C14H17N5O4. The number of carbonyl (C=O) groups is 1. The molecule has 3 rings (SSSR count). The molecule has 0 saturated heterocycles. The molecule has 0 aliphatic heterocycles. The Balaban J connectivity index is 2.36. The maximum absolute atomic E-state index is 12.7. The molecule has 3 aromatic heterocycles. The van der Waals surface area contributed by atoms with Crippen LogP contribution in [0.5, 0.6) is 0 Å². The Kier molecular flexibility index (Phi) is 3.35. The number of esters is 1. The Hall–Kier alpha value is -2.84. The summed E-state index contributed by atoms with van der Waals surface area (Å²) in [5.41, 5.74) is 0.297. The maximum Gasteiger partial charge on any atom is 0.333 e. The zero-order valence-corrected chi connectivity index (χ0v) is 13.4. The van der Waals surface area contributed by atoms with Gasteiger partial charge in [-0.05, 0) is 13.8 Å². The van der Waals surface area contributed by atoms with Gasteiger partial charge in [-0.3, -0.25) is 18.6 Å². The van der Waals surface area contributed by atoms with E-state index >= 15 is 0 Å². The number of nitrogens with zero attached hydrogens (tertiary/aromatic N) is 5. The number of rotatable bonds is 3. The normalized spacial score (nSPS) is 11.5. The molecule has 0 atom stereocenters. The van der Waals surface area contributed by atoms with E-state index in [1.165, 1.54) is 11.6 Å². The van der Waals surface area contributed by atoms with E-state index in [0.29, 0.717) is 5.78 Å². The molecule has 0 spiro atoms. The summed E-state index contributed by atoms with van der Waals surface area (Å²) < 4.78 is 10.4. The second-order valence-corrected chi connectivity index (χ2v) is 5.32. The Morgan fingerprint density at radius 1 is 1.26 bits per heavy atom. The van der Waals surface area contributed by atoms with E-state index in [2.05, 4.69) is 4.98 Å². The minimum Gasteiger partial charge on any atom is -0.465 e. The second kappa shape index (κ2) is 5.11. The third-order valence-corrected chi connectivity index (χ3v) is 3.89. The molecule has 0 aromatic carbocycles. The van der Waals surface area contributed by atoms with E-state index in [0.717, 1.165) is 10.3 Å². The van der Waals surface area contributed by atoms with Crippen molar-refractivity contribution in [3.63, 3.8) is 0 Å². The Morgan fingerprint density at radius 3 is 2.61 bits per heavy atom. The van der Waals surface area contributed by atoms with Crippen molar-refractivity contribution in [3.05, 3.63) is 32.7 Å². The number of ether oxygens (including phenoxy) is 1. The molecule has 9 nitrogen and oxygen atoms in total. The Bertz CT molecular complexity index is 1050. The van der Waals surface area contributed by atoms with Crippen molar-refractivity contribution in [1.29, 1.82) is 0 Å². The van der Waals surface area contributed by atoms with Crippen LogP contribution in [-0.2, 0) is 30.2 Å². The minimum atomic E-state index is -0.629. The fourth-order valence-corrected chi connectivity index (χ4v) is 2.59. The average molecular weight is 319 g/mol. The number of aromatic nitrogens is 5. The highest BCUT2D eigenvalue weighted by molar-refractivity contribution is 5.76. The van der Waals surface area contributed by atoms with Gasteiger partial charge in [0.2, 0.25) is 5.78 Å². The van der Waals surface area contributed by atoms with Crippen LogP contribution in [0.15, 0.2) is 15.8 Å². The predicted molar refractivity (Wildman–Crippen MR) is 82.5 cm³/mol. The zero-order chi connectivity index (χ0) is 16.9. The molecule has 0 unspecified atom stereocenters. The van der Waals surface area contributed by atoms with Crippen molar-refractivity contribution >= 4 is 22.9 Å². The number of hydrogen-bond acceptors (Lipinski definition) is 5. The molecule has 0 aliphatic carbocycles. The number of fused-ring (bicyclic) bond motifs is 3. The van der Waals surface area contributed by atoms with Crippen molar-refractivity contribution < 1.29 is 9.53 Å². The molecule has 0 amide bonds. The number of carbonyl (C=O) groups excluding carboxylic acids is 1. The van der Waals surface area contributed by atoms with Gasteiger partial charge in [-0.2, -0.15) is 4.98 Å². The van der Waals surface area contributed by atoms with Gasteiger partial charge in [0.25, 0.3) is 5.56 Å². The van der Waals surface area contributed by atoms with Crippen molar-refractivity contribution in [2.75, 3.05) is 6.61 Å². The highest BCUT2D eigenvalue weighted by Crippen LogP contribution is 2.14. The van der Waals surface area contributed by atoms with Gasteiger partial charge >= 0.3 is 11.7 Å². The lowest BCUT2D eigenvalue weighted by Crippen LogP contribution is -2.41. The summed E-state index contributed by atoms with van der Waals surface area (Å²) >= 11 is 0. The Morgan fingerprint density at radius 2 is 1.96 bits per heavy atom. The lowest BCUT2D eigenvalue weighted by molar-refractivity contribution is -0.143. The van der Waals surface area contributed by atoms with Crippen LogP contribution in [0.2, 0.25) is 0 Å². The molecule has 9 heteroatoms. The Labute approximate surface area is 130 Å². The first-order valence-corrected chi connectivity index (χ1v) is 7.16. The first-order valence-electron chi connectivity index (χ1n) is 7.16. The molecule has 0 saturated carbocycles. The zero-order valence-electron chi connectivity index (χ0n) is 13.4. The first-order chi connectivity index (χ1) is 10.9.